The number of anilines is 1. The van der Waals surface area contributed by atoms with Crippen molar-refractivity contribution >= 4 is 45.0 Å². The number of halogens is 5. The van der Waals surface area contributed by atoms with Crippen molar-refractivity contribution < 1.29 is 31.1 Å². The fourth-order valence-electron chi connectivity index (χ4n) is 2.51. The van der Waals surface area contributed by atoms with Crippen molar-refractivity contribution in [2.24, 2.45) is 0 Å². The third kappa shape index (κ3) is 5.58. The van der Waals surface area contributed by atoms with Crippen molar-refractivity contribution in [3.63, 3.8) is 0 Å². The van der Waals surface area contributed by atoms with Crippen LogP contribution in [-0.4, -0.2) is 38.0 Å². The predicted molar refractivity (Wildman–Crippen MR) is 108 cm³/mol. The van der Waals surface area contributed by atoms with Gasteiger partial charge >= 0.3 is 12.1 Å². The van der Waals surface area contributed by atoms with Crippen LogP contribution in [0.2, 0.25) is 10.0 Å². The molecule has 13 heteroatoms. The highest BCUT2D eigenvalue weighted by molar-refractivity contribution is 7.92. The molecule has 31 heavy (non-hydrogen) atoms. The molecule has 7 nitrogen and oxygen atoms in total. The molecule has 0 aliphatic carbocycles. The molecule has 166 valence electrons. The Hall–Kier alpha value is -2.55. The van der Waals surface area contributed by atoms with Crippen LogP contribution >= 0.6 is 23.2 Å². The molecule has 2 aromatic rings. The Balaban J connectivity index is 2.68. The lowest BCUT2D eigenvalue weighted by molar-refractivity contribution is -0.138. The van der Waals surface area contributed by atoms with E-state index in [0.29, 0.717) is 4.31 Å². The highest BCUT2D eigenvalue weighted by Crippen LogP contribution is 2.41. The van der Waals surface area contributed by atoms with E-state index in [1.54, 1.807) is 0 Å². The summed E-state index contributed by atoms with van der Waals surface area (Å²) in [5.74, 6) is 2.32. The molecule has 0 amide bonds. The van der Waals surface area contributed by atoms with Gasteiger partial charge in [0.15, 0.2) is 11.5 Å². The van der Waals surface area contributed by atoms with Crippen molar-refractivity contribution in [2.45, 2.75) is 18.9 Å². The highest BCUT2D eigenvalue weighted by Gasteiger charge is 2.39. The van der Waals surface area contributed by atoms with Gasteiger partial charge < -0.3 is 4.74 Å². The Morgan fingerprint density at radius 2 is 1.81 bits per heavy atom. The van der Waals surface area contributed by atoms with Gasteiger partial charge in [0.05, 0.1) is 30.0 Å². The van der Waals surface area contributed by atoms with Crippen LogP contribution in [0.4, 0.5) is 19.0 Å². The average molecular weight is 496 g/mol. The normalized spacial score (nSPS) is 11.5. The number of aromatic nitrogens is 2. The van der Waals surface area contributed by atoms with Gasteiger partial charge in [0, 0.05) is 23.0 Å². The number of carbonyl (C=O) groups excluding carboxylic acids is 1. The molecule has 2 rings (SSSR count). The number of esters is 1. The van der Waals surface area contributed by atoms with Crippen LogP contribution in [0, 0.1) is 11.8 Å². The van der Waals surface area contributed by atoms with Crippen molar-refractivity contribution in [2.75, 3.05) is 18.0 Å². The monoisotopic (exact) mass is 495 g/mol. The SMILES string of the molecule is CC#CCN(c1nccnc1C(=O)OC)S(=O)(=O)Cc1c(Cl)ccc(Cl)c1C(F)(F)F. The van der Waals surface area contributed by atoms with E-state index in [4.69, 9.17) is 23.2 Å². The third-order valence-corrected chi connectivity index (χ3v) is 6.14. The van der Waals surface area contributed by atoms with E-state index in [9.17, 15) is 26.4 Å². The van der Waals surface area contributed by atoms with Gasteiger partial charge in [-0.1, -0.05) is 29.1 Å². The van der Waals surface area contributed by atoms with Gasteiger partial charge in [-0.25, -0.2) is 27.5 Å². The second-order valence-electron chi connectivity index (χ2n) is 5.79. The number of ether oxygens (including phenoxy) is 1. The molecule has 0 aliphatic rings. The third-order valence-electron chi connectivity index (χ3n) is 3.84. The lowest BCUT2D eigenvalue weighted by atomic mass is 10.1. The van der Waals surface area contributed by atoms with Gasteiger partial charge in [0.2, 0.25) is 10.0 Å². The number of rotatable bonds is 6. The fourth-order valence-corrected chi connectivity index (χ4v) is 4.58. The number of benzene rings is 1. The van der Waals surface area contributed by atoms with Crippen LogP contribution in [0.3, 0.4) is 0 Å². The van der Waals surface area contributed by atoms with Gasteiger partial charge in [0.25, 0.3) is 0 Å². The molecule has 0 fully saturated rings. The molecule has 0 atom stereocenters. The van der Waals surface area contributed by atoms with Crippen molar-refractivity contribution in [1.29, 1.82) is 0 Å². The van der Waals surface area contributed by atoms with E-state index in [2.05, 4.69) is 26.5 Å². The summed E-state index contributed by atoms with van der Waals surface area (Å²) in [6.07, 6.45) is -2.73. The number of methoxy groups -OCH3 is 1. The summed E-state index contributed by atoms with van der Waals surface area (Å²) in [5.41, 5.74) is -2.58. The van der Waals surface area contributed by atoms with Crippen molar-refractivity contribution in [3.8, 4) is 11.8 Å². The number of carbonyl (C=O) groups is 1. The quantitative estimate of drug-likeness (QED) is 0.445. The van der Waals surface area contributed by atoms with Crippen molar-refractivity contribution in [1.82, 2.24) is 9.97 Å². The van der Waals surface area contributed by atoms with Gasteiger partial charge in [-0.3, -0.25) is 0 Å². The molecule has 0 radical (unpaired) electrons. The zero-order chi connectivity index (χ0) is 23.4. The maximum absolute atomic E-state index is 13.5. The Morgan fingerprint density at radius 3 is 2.39 bits per heavy atom. The molecule has 1 aromatic heterocycles. The molecule has 0 saturated heterocycles. The second kappa shape index (κ2) is 9.72. The van der Waals surface area contributed by atoms with Crippen LogP contribution < -0.4 is 4.31 Å². The minimum Gasteiger partial charge on any atom is -0.464 e. The summed E-state index contributed by atoms with van der Waals surface area (Å²) < 4.78 is 72.2. The number of alkyl halides is 3. The van der Waals surface area contributed by atoms with Crippen LogP contribution in [0.15, 0.2) is 24.5 Å². The summed E-state index contributed by atoms with van der Waals surface area (Å²) >= 11 is 11.6. The first-order chi connectivity index (χ1) is 14.4. The summed E-state index contributed by atoms with van der Waals surface area (Å²) in [7, 11) is -3.56. The lowest BCUT2D eigenvalue weighted by Gasteiger charge is -2.24. The van der Waals surface area contributed by atoms with Crippen molar-refractivity contribution in [3.05, 3.63) is 51.4 Å². The zero-order valence-corrected chi connectivity index (χ0v) is 18.3. The Labute approximate surface area is 186 Å². The van der Waals surface area contributed by atoms with E-state index in [1.165, 1.54) is 6.92 Å². The van der Waals surface area contributed by atoms with Crippen LogP contribution in [0.25, 0.3) is 0 Å². The number of sulfonamides is 1. The van der Waals surface area contributed by atoms with Crippen LogP contribution in [-0.2, 0) is 26.7 Å². The van der Waals surface area contributed by atoms with Crippen LogP contribution in [0.5, 0.6) is 0 Å². The molecule has 0 spiro atoms. The maximum Gasteiger partial charge on any atom is 0.418 e. The first kappa shape index (κ1) is 24.7. The molecule has 0 unspecified atom stereocenters. The van der Waals surface area contributed by atoms with Crippen LogP contribution in [0.1, 0.15) is 28.5 Å². The number of hydrogen-bond acceptors (Lipinski definition) is 6. The van der Waals surface area contributed by atoms with E-state index < -0.39 is 67.2 Å². The topological polar surface area (TPSA) is 89.5 Å². The standard InChI is InChI=1S/C18H14Cl2F3N3O4S/c1-3-4-9-26(16-15(17(27)30-2)24-7-8-25-16)31(28,29)10-11-12(19)5-6-13(20)14(11)18(21,22)23/h5-8H,9-10H2,1-2H3. The molecular weight excluding hydrogens is 482 g/mol. The Morgan fingerprint density at radius 1 is 1.19 bits per heavy atom. The summed E-state index contributed by atoms with van der Waals surface area (Å²) in [6, 6.07) is 1.98. The maximum atomic E-state index is 13.5. The van der Waals surface area contributed by atoms with Gasteiger partial charge in [0.1, 0.15) is 0 Å². The van der Waals surface area contributed by atoms with Gasteiger partial charge in [-0.15, -0.1) is 5.92 Å². The smallest absolute Gasteiger partial charge is 0.418 e. The summed E-state index contributed by atoms with van der Waals surface area (Å²) in [5, 5.41) is -1.16. The first-order valence-electron chi connectivity index (χ1n) is 8.27. The predicted octanol–water partition coefficient (Wildman–Crippen LogP) is 3.95. The summed E-state index contributed by atoms with van der Waals surface area (Å²) in [6.45, 7) is 0.916. The number of nitrogens with zero attached hydrogens (tertiary/aromatic N) is 3. The Kier molecular flexibility index (Phi) is 7.75. The molecule has 1 heterocycles. The van der Waals surface area contributed by atoms with E-state index in [-0.39, 0.29) is 0 Å². The van der Waals surface area contributed by atoms with E-state index in [0.717, 1.165) is 31.6 Å². The first-order valence-corrected chi connectivity index (χ1v) is 10.6. The molecule has 0 bridgehead atoms. The highest BCUT2D eigenvalue weighted by atomic mass is 35.5. The lowest BCUT2D eigenvalue weighted by Crippen LogP contribution is -2.35. The average Bonchev–Trinajstić information content (AvgIpc) is 2.69. The molecule has 0 N–H and O–H groups in total. The number of hydrogen-bond donors (Lipinski definition) is 0. The molecule has 0 aliphatic heterocycles. The molecular formula is C18H14Cl2F3N3O4S. The summed E-state index contributed by atoms with van der Waals surface area (Å²) in [4.78, 5) is 19.6. The second-order valence-corrected chi connectivity index (χ2v) is 8.50. The van der Waals surface area contributed by atoms with E-state index in [1.807, 2.05) is 0 Å². The largest absolute Gasteiger partial charge is 0.464 e. The van der Waals surface area contributed by atoms with Gasteiger partial charge in [-0.05, 0) is 19.1 Å². The molecule has 0 saturated carbocycles. The van der Waals surface area contributed by atoms with E-state index >= 15 is 0 Å². The Bertz CT molecular complexity index is 1160. The van der Waals surface area contributed by atoms with Gasteiger partial charge in [-0.2, -0.15) is 13.2 Å². The zero-order valence-electron chi connectivity index (χ0n) is 16.0. The molecule has 1 aromatic carbocycles. The fraction of sp³-hybridized carbons (Fsp3) is 0.278. The minimum atomic E-state index is -4.97. The minimum absolute atomic E-state index is 0.450.